The molecule has 112 valence electrons. The van der Waals surface area contributed by atoms with Gasteiger partial charge < -0.3 is 4.74 Å². The Morgan fingerprint density at radius 1 is 1.43 bits per heavy atom. The summed E-state index contributed by atoms with van der Waals surface area (Å²) in [5.41, 5.74) is 2.23. The monoisotopic (exact) mass is 289 g/mol. The molecule has 0 aliphatic rings. The second kappa shape index (κ2) is 6.49. The molecule has 0 aromatic carbocycles. The number of aromatic nitrogens is 2. The van der Waals surface area contributed by atoms with E-state index in [9.17, 15) is 9.59 Å². The van der Waals surface area contributed by atoms with Crippen molar-refractivity contribution >= 4 is 11.6 Å². The van der Waals surface area contributed by atoms with Gasteiger partial charge in [0.05, 0.1) is 19.2 Å². The topological polar surface area (TPSA) is 63.9 Å². The van der Waals surface area contributed by atoms with Crippen molar-refractivity contribution in [3.05, 3.63) is 46.0 Å². The van der Waals surface area contributed by atoms with E-state index in [2.05, 4.69) is 9.72 Å². The Morgan fingerprint density at radius 2 is 2.19 bits per heavy atom. The molecule has 0 atom stereocenters. The molecule has 0 amide bonds. The molecular formula is C15H19N3O3. The highest BCUT2D eigenvalue weighted by atomic mass is 16.5. The van der Waals surface area contributed by atoms with E-state index in [1.807, 2.05) is 31.0 Å². The predicted molar refractivity (Wildman–Crippen MR) is 79.2 cm³/mol. The Labute approximate surface area is 123 Å². The van der Waals surface area contributed by atoms with Gasteiger partial charge in [-0.1, -0.05) is 6.07 Å². The van der Waals surface area contributed by atoms with Crippen molar-refractivity contribution in [3.8, 4) is 0 Å². The van der Waals surface area contributed by atoms with Crippen LogP contribution in [0.4, 0.5) is 0 Å². The molecule has 0 saturated carbocycles. The molecule has 0 saturated heterocycles. The molecule has 2 rings (SSSR count). The summed E-state index contributed by atoms with van der Waals surface area (Å²) in [6.45, 7) is 3.00. The van der Waals surface area contributed by atoms with E-state index in [0.29, 0.717) is 30.9 Å². The number of fused-ring (bicyclic) bond motifs is 1. The SMILES string of the molecule is COC(=O)CCN(C)Cc1cc(=O)n2cc(C)ccc2n1. The Morgan fingerprint density at radius 3 is 2.90 bits per heavy atom. The number of nitrogens with zero attached hydrogens (tertiary/aromatic N) is 3. The standard InChI is InChI=1S/C15H19N3O3/c1-11-4-5-13-16-12(8-14(19)18(13)9-11)10-17(2)7-6-15(20)21-3/h4-5,8-9H,6-7,10H2,1-3H3. The molecule has 0 fully saturated rings. The Kier molecular flexibility index (Phi) is 4.70. The first-order valence-electron chi connectivity index (χ1n) is 6.74. The number of carbonyl (C=O) groups excluding carboxylic acids is 1. The van der Waals surface area contributed by atoms with Gasteiger partial charge in [-0.3, -0.25) is 18.9 Å². The molecule has 0 bridgehead atoms. The van der Waals surface area contributed by atoms with E-state index < -0.39 is 0 Å². The highest BCUT2D eigenvalue weighted by molar-refractivity contribution is 5.69. The van der Waals surface area contributed by atoms with Crippen LogP contribution >= 0.6 is 0 Å². The lowest BCUT2D eigenvalue weighted by molar-refractivity contribution is -0.140. The van der Waals surface area contributed by atoms with Crippen molar-refractivity contribution in [2.24, 2.45) is 0 Å². The zero-order valence-electron chi connectivity index (χ0n) is 12.5. The number of pyridine rings is 1. The molecule has 21 heavy (non-hydrogen) atoms. The smallest absolute Gasteiger partial charge is 0.306 e. The largest absolute Gasteiger partial charge is 0.469 e. The van der Waals surface area contributed by atoms with Crippen molar-refractivity contribution in [3.63, 3.8) is 0 Å². The summed E-state index contributed by atoms with van der Waals surface area (Å²) in [4.78, 5) is 29.6. The van der Waals surface area contributed by atoms with Gasteiger partial charge in [-0.2, -0.15) is 0 Å². The normalized spacial score (nSPS) is 11.0. The van der Waals surface area contributed by atoms with Crippen LogP contribution in [0, 0.1) is 6.92 Å². The minimum absolute atomic E-state index is 0.0972. The average Bonchev–Trinajstić information content (AvgIpc) is 2.45. The van der Waals surface area contributed by atoms with Crippen molar-refractivity contribution in [2.75, 3.05) is 20.7 Å². The molecule has 6 heteroatoms. The molecule has 0 radical (unpaired) electrons. The minimum Gasteiger partial charge on any atom is -0.469 e. The molecule has 2 aromatic heterocycles. The highest BCUT2D eigenvalue weighted by Crippen LogP contribution is 2.04. The fraction of sp³-hybridized carbons (Fsp3) is 0.400. The average molecular weight is 289 g/mol. The van der Waals surface area contributed by atoms with E-state index >= 15 is 0 Å². The Bertz CT molecular complexity index is 709. The lowest BCUT2D eigenvalue weighted by Crippen LogP contribution is -2.24. The molecular weight excluding hydrogens is 270 g/mol. The number of esters is 1. The number of ether oxygens (including phenoxy) is 1. The van der Waals surface area contributed by atoms with Gasteiger partial charge in [0.15, 0.2) is 0 Å². The molecule has 2 heterocycles. The van der Waals surface area contributed by atoms with Crippen LogP contribution in [0.2, 0.25) is 0 Å². The molecule has 0 spiro atoms. The number of rotatable bonds is 5. The molecule has 6 nitrogen and oxygen atoms in total. The molecule has 0 N–H and O–H groups in total. The zero-order chi connectivity index (χ0) is 15.4. The maximum atomic E-state index is 12.1. The first kappa shape index (κ1) is 15.2. The summed E-state index contributed by atoms with van der Waals surface area (Å²) in [7, 11) is 3.25. The summed E-state index contributed by atoms with van der Waals surface area (Å²) in [6.07, 6.45) is 2.09. The number of carbonyl (C=O) groups is 1. The van der Waals surface area contributed by atoms with Gasteiger partial charge in [0, 0.05) is 25.4 Å². The third kappa shape index (κ3) is 3.88. The number of hydrogen-bond donors (Lipinski definition) is 0. The summed E-state index contributed by atoms with van der Waals surface area (Å²) in [5.74, 6) is -0.246. The minimum atomic E-state index is -0.246. The van der Waals surface area contributed by atoms with Crippen LogP contribution in [0.15, 0.2) is 29.2 Å². The zero-order valence-corrected chi connectivity index (χ0v) is 12.5. The van der Waals surface area contributed by atoms with Crippen LogP contribution in [0.25, 0.3) is 5.65 Å². The molecule has 0 aliphatic carbocycles. The van der Waals surface area contributed by atoms with Crippen molar-refractivity contribution < 1.29 is 9.53 Å². The van der Waals surface area contributed by atoms with Crippen molar-refractivity contribution in [2.45, 2.75) is 19.9 Å². The van der Waals surface area contributed by atoms with Crippen LogP contribution in [0.5, 0.6) is 0 Å². The maximum Gasteiger partial charge on any atom is 0.306 e. The van der Waals surface area contributed by atoms with Crippen LogP contribution < -0.4 is 5.56 Å². The van der Waals surface area contributed by atoms with Gasteiger partial charge in [0.25, 0.3) is 5.56 Å². The quantitative estimate of drug-likeness (QED) is 0.768. The van der Waals surface area contributed by atoms with Gasteiger partial charge >= 0.3 is 5.97 Å². The van der Waals surface area contributed by atoms with Crippen LogP contribution in [0.3, 0.4) is 0 Å². The summed E-state index contributed by atoms with van der Waals surface area (Å²) < 4.78 is 6.14. The Balaban J connectivity index is 2.14. The first-order valence-corrected chi connectivity index (χ1v) is 6.74. The van der Waals surface area contributed by atoms with Gasteiger partial charge in [0.2, 0.25) is 0 Å². The van der Waals surface area contributed by atoms with Crippen LogP contribution in [0.1, 0.15) is 17.7 Å². The molecule has 0 aliphatic heterocycles. The van der Waals surface area contributed by atoms with E-state index in [0.717, 1.165) is 5.56 Å². The predicted octanol–water partition coefficient (Wildman–Crippen LogP) is 0.998. The molecule has 0 unspecified atom stereocenters. The van der Waals surface area contributed by atoms with Crippen molar-refractivity contribution in [1.82, 2.24) is 14.3 Å². The fourth-order valence-electron chi connectivity index (χ4n) is 2.08. The third-order valence-electron chi connectivity index (χ3n) is 3.22. The van der Waals surface area contributed by atoms with Gasteiger partial charge in [0.1, 0.15) is 5.65 Å². The van der Waals surface area contributed by atoms with Crippen LogP contribution in [-0.2, 0) is 16.1 Å². The Hall–Kier alpha value is -2.21. The maximum absolute atomic E-state index is 12.1. The van der Waals surface area contributed by atoms with E-state index in [1.54, 1.807) is 6.20 Å². The summed E-state index contributed by atoms with van der Waals surface area (Å²) >= 11 is 0. The van der Waals surface area contributed by atoms with Gasteiger partial charge in [-0.15, -0.1) is 0 Å². The summed E-state index contributed by atoms with van der Waals surface area (Å²) in [6, 6.07) is 5.28. The second-order valence-electron chi connectivity index (χ2n) is 5.08. The highest BCUT2D eigenvalue weighted by Gasteiger charge is 2.08. The second-order valence-corrected chi connectivity index (χ2v) is 5.08. The van der Waals surface area contributed by atoms with E-state index in [-0.39, 0.29) is 11.5 Å². The third-order valence-corrected chi connectivity index (χ3v) is 3.22. The van der Waals surface area contributed by atoms with E-state index in [4.69, 9.17) is 0 Å². The van der Waals surface area contributed by atoms with Crippen LogP contribution in [-0.4, -0.2) is 41.0 Å². The van der Waals surface area contributed by atoms with Gasteiger partial charge in [-0.05, 0) is 25.6 Å². The number of methoxy groups -OCH3 is 1. The van der Waals surface area contributed by atoms with Gasteiger partial charge in [-0.25, -0.2) is 4.98 Å². The fourth-order valence-corrected chi connectivity index (χ4v) is 2.08. The lowest BCUT2D eigenvalue weighted by Gasteiger charge is -2.15. The number of hydrogen-bond acceptors (Lipinski definition) is 5. The lowest BCUT2D eigenvalue weighted by atomic mass is 10.3. The molecule has 2 aromatic rings. The number of aryl methyl sites for hydroxylation is 1. The first-order chi connectivity index (χ1) is 9.99. The van der Waals surface area contributed by atoms with Crippen molar-refractivity contribution in [1.29, 1.82) is 0 Å². The van der Waals surface area contributed by atoms with E-state index in [1.165, 1.54) is 17.6 Å². The summed E-state index contributed by atoms with van der Waals surface area (Å²) in [5, 5.41) is 0.